The molecule has 2 saturated heterocycles. The third kappa shape index (κ3) is 3.48. The van der Waals surface area contributed by atoms with Crippen LogP contribution in [-0.4, -0.2) is 35.1 Å². The molecule has 4 aliphatic rings. The predicted octanol–water partition coefficient (Wildman–Crippen LogP) is 2.59. The van der Waals surface area contributed by atoms with Crippen LogP contribution in [0.3, 0.4) is 0 Å². The standard InChI is InChI=1S/C20H26O7/c21-15-12-19(7-3-1-4-8-19)25-16(22)13(15)11-14-17(23)26-20(27-18(14)24)9-5-2-6-10-20/h13-14H,1-12H2. The molecule has 0 N–H and O–H groups in total. The molecule has 2 saturated carbocycles. The highest BCUT2D eigenvalue weighted by Gasteiger charge is 2.53. The molecule has 1 unspecified atom stereocenters. The number of hydrogen-bond donors (Lipinski definition) is 0. The Balaban J connectivity index is 1.43. The largest absolute Gasteiger partial charge is 0.458 e. The lowest BCUT2D eigenvalue weighted by Crippen LogP contribution is -2.53. The molecular formula is C20H26O7. The number of carbonyl (C=O) groups excluding carboxylic acids is 4. The van der Waals surface area contributed by atoms with Gasteiger partial charge in [0.1, 0.15) is 11.5 Å². The summed E-state index contributed by atoms with van der Waals surface area (Å²) >= 11 is 0. The predicted molar refractivity (Wildman–Crippen MR) is 91.1 cm³/mol. The van der Waals surface area contributed by atoms with Gasteiger partial charge in [0.15, 0.2) is 11.7 Å². The zero-order valence-electron chi connectivity index (χ0n) is 15.5. The van der Waals surface area contributed by atoms with E-state index in [9.17, 15) is 19.2 Å². The van der Waals surface area contributed by atoms with Crippen molar-refractivity contribution in [2.45, 2.75) is 88.4 Å². The van der Waals surface area contributed by atoms with Crippen LogP contribution in [0.15, 0.2) is 0 Å². The molecule has 0 radical (unpaired) electrons. The quantitative estimate of drug-likeness (QED) is 0.538. The number of Topliss-reactive ketones (excluding diaryl/α,β-unsaturated/α-hetero) is 1. The van der Waals surface area contributed by atoms with Gasteiger partial charge in [-0.15, -0.1) is 0 Å². The van der Waals surface area contributed by atoms with Crippen molar-refractivity contribution in [1.29, 1.82) is 0 Å². The SMILES string of the molecule is O=C1CC2(CCCCC2)OC(=O)C1CC1C(=O)OC2(CCCCC2)OC1=O. The van der Waals surface area contributed by atoms with Crippen LogP contribution in [-0.2, 0) is 33.4 Å². The molecule has 7 heteroatoms. The van der Waals surface area contributed by atoms with E-state index in [1.54, 1.807) is 0 Å². The molecular weight excluding hydrogens is 352 g/mol. The smallest absolute Gasteiger partial charge is 0.323 e. The summed E-state index contributed by atoms with van der Waals surface area (Å²) in [6.07, 6.45) is 8.01. The average Bonchev–Trinajstić information content (AvgIpc) is 2.61. The molecule has 7 nitrogen and oxygen atoms in total. The zero-order valence-corrected chi connectivity index (χ0v) is 15.5. The molecule has 4 rings (SSSR count). The minimum Gasteiger partial charge on any atom is -0.458 e. The van der Waals surface area contributed by atoms with Gasteiger partial charge in [0.25, 0.3) is 5.79 Å². The second kappa shape index (κ2) is 6.91. The third-order valence-corrected chi connectivity index (χ3v) is 6.48. The average molecular weight is 378 g/mol. The van der Waals surface area contributed by atoms with Crippen LogP contribution in [0.2, 0.25) is 0 Å². The van der Waals surface area contributed by atoms with Crippen LogP contribution >= 0.6 is 0 Å². The Morgan fingerprint density at radius 2 is 1.19 bits per heavy atom. The monoisotopic (exact) mass is 378 g/mol. The molecule has 0 aromatic heterocycles. The maximum atomic E-state index is 12.7. The molecule has 148 valence electrons. The van der Waals surface area contributed by atoms with Crippen molar-refractivity contribution in [2.75, 3.05) is 0 Å². The van der Waals surface area contributed by atoms with Crippen LogP contribution in [0.4, 0.5) is 0 Å². The summed E-state index contributed by atoms with van der Waals surface area (Å²) in [5.74, 6) is -5.72. The van der Waals surface area contributed by atoms with E-state index in [1.807, 2.05) is 0 Å². The summed E-state index contributed by atoms with van der Waals surface area (Å²) in [5, 5.41) is 0. The van der Waals surface area contributed by atoms with Crippen molar-refractivity contribution >= 4 is 23.7 Å². The number of esters is 3. The Bertz CT molecular complexity index is 559. The van der Waals surface area contributed by atoms with Crippen molar-refractivity contribution in [1.82, 2.24) is 0 Å². The minimum absolute atomic E-state index is 0.171. The lowest BCUT2D eigenvalue weighted by atomic mass is 9.75. The zero-order chi connectivity index (χ0) is 19.1. The van der Waals surface area contributed by atoms with Crippen molar-refractivity contribution in [3.63, 3.8) is 0 Å². The highest BCUT2D eigenvalue weighted by atomic mass is 16.7. The maximum absolute atomic E-state index is 12.7. The Labute approximate surface area is 158 Å². The fraction of sp³-hybridized carbons (Fsp3) is 0.800. The van der Waals surface area contributed by atoms with Gasteiger partial charge in [-0.1, -0.05) is 12.8 Å². The van der Waals surface area contributed by atoms with E-state index in [1.165, 1.54) is 0 Å². The van der Waals surface area contributed by atoms with Gasteiger partial charge in [-0.3, -0.25) is 19.2 Å². The minimum atomic E-state index is -1.24. The molecule has 2 heterocycles. The van der Waals surface area contributed by atoms with E-state index < -0.39 is 41.1 Å². The first-order chi connectivity index (χ1) is 12.9. The van der Waals surface area contributed by atoms with Crippen molar-refractivity contribution in [3.05, 3.63) is 0 Å². The van der Waals surface area contributed by atoms with Gasteiger partial charge in [0.2, 0.25) is 0 Å². The van der Waals surface area contributed by atoms with E-state index >= 15 is 0 Å². The first-order valence-corrected chi connectivity index (χ1v) is 10.1. The summed E-state index contributed by atoms with van der Waals surface area (Å²) in [5.41, 5.74) is -0.678. The fourth-order valence-electron chi connectivity index (χ4n) is 4.94. The van der Waals surface area contributed by atoms with E-state index in [-0.39, 0.29) is 18.6 Å². The molecule has 0 amide bonds. The van der Waals surface area contributed by atoms with Gasteiger partial charge in [-0.05, 0) is 44.9 Å². The Morgan fingerprint density at radius 1 is 0.667 bits per heavy atom. The summed E-state index contributed by atoms with van der Waals surface area (Å²) in [6.45, 7) is 0. The van der Waals surface area contributed by atoms with E-state index in [0.29, 0.717) is 25.7 Å². The summed E-state index contributed by atoms with van der Waals surface area (Å²) in [7, 11) is 0. The van der Waals surface area contributed by atoms with Gasteiger partial charge in [0.05, 0.1) is 0 Å². The van der Waals surface area contributed by atoms with Crippen molar-refractivity contribution in [2.24, 2.45) is 11.8 Å². The van der Waals surface area contributed by atoms with E-state index in [4.69, 9.17) is 14.2 Å². The van der Waals surface area contributed by atoms with Crippen molar-refractivity contribution in [3.8, 4) is 0 Å². The molecule has 2 aliphatic carbocycles. The molecule has 4 fully saturated rings. The number of ketones is 1. The Kier molecular flexibility index (Phi) is 4.72. The Morgan fingerprint density at radius 3 is 1.74 bits per heavy atom. The van der Waals surface area contributed by atoms with Gasteiger partial charge in [0, 0.05) is 19.3 Å². The third-order valence-electron chi connectivity index (χ3n) is 6.48. The first-order valence-electron chi connectivity index (χ1n) is 10.1. The van der Waals surface area contributed by atoms with Gasteiger partial charge in [-0.2, -0.15) is 0 Å². The number of rotatable bonds is 2. The lowest BCUT2D eigenvalue weighted by Gasteiger charge is -2.43. The van der Waals surface area contributed by atoms with Crippen molar-refractivity contribution < 1.29 is 33.4 Å². The van der Waals surface area contributed by atoms with Gasteiger partial charge < -0.3 is 14.2 Å². The topological polar surface area (TPSA) is 96.0 Å². The van der Waals surface area contributed by atoms with E-state index in [0.717, 1.165) is 38.5 Å². The van der Waals surface area contributed by atoms with Crippen LogP contribution in [0.25, 0.3) is 0 Å². The molecule has 0 aromatic carbocycles. The van der Waals surface area contributed by atoms with Gasteiger partial charge in [-0.25, -0.2) is 0 Å². The first kappa shape index (κ1) is 18.4. The van der Waals surface area contributed by atoms with E-state index in [2.05, 4.69) is 0 Å². The molecule has 0 aromatic rings. The highest BCUT2D eigenvalue weighted by Crippen LogP contribution is 2.42. The normalized spacial score (nSPS) is 32.7. The molecule has 1 atom stereocenters. The second-order valence-corrected chi connectivity index (χ2v) is 8.46. The summed E-state index contributed by atoms with van der Waals surface area (Å²) in [4.78, 5) is 50.1. The number of ether oxygens (including phenoxy) is 3. The highest BCUT2D eigenvalue weighted by molar-refractivity contribution is 6.04. The summed E-state index contributed by atoms with van der Waals surface area (Å²) in [6, 6.07) is 0. The number of hydrogen-bond acceptors (Lipinski definition) is 7. The van der Waals surface area contributed by atoms with Gasteiger partial charge >= 0.3 is 17.9 Å². The Hall–Kier alpha value is -1.92. The molecule has 0 bridgehead atoms. The summed E-state index contributed by atoms with van der Waals surface area (Å²) < 4.78 is 16.6. The maximum Gasteiger partial charge on any atom is 0.323 e. The van der Waals surface area contributed by atoms with Crippen LogP contribution in [0.1, 0.15) is 77.0 Å². The number of carbonyl (C=O) groups is 4. The molecule has 27 heavy (non-hydrogen) atoms. The lowest BCUT2D eigenvalue weighted by molar-refractivity contribution is -0.261. The molecule has 2 aliphatic heterocycles. The van der Waals surface area contributed by atoms with Crippen LogP contribution in [0.5, 0.6) is 0 Å². The second-order valence-electron chi connectivity index (χ2n) is 8.46. The molecule has 2 spiro atoms. The van der Waals surface area contributed by atoms with Crippen LogP contribution < -0.4 is 0 Å². The van der Waals surface area contributed by atoms with Crippen LogP contribution in [0, 0.1) is 11.8 Å². The fourth-order valence-corrected chi connectivity index (χ4v) is 4.94.